The van der Waals surface area contributed by atoms with Gasteiger partial charge in [-0.15, -0.1) is 0 Å². The highest BCUT2D eigenvalue weighted by Gasteiger charge is 2.14. The van der Waals surface area contributed by atoms with Crippen LogP contribution in [0, 0.1) is 5.92 Å². The van der Waals surface area contributed by atoms with Crippen LogP contribution in [0.3, 0.4) is 0 Å². The average molecular weight is 359 g/mol. The van der Waals surface area contributed by atoms with E-state index in [1.54, 1.807) is 0 Å². The second kappa shape index (κ2) is 8.94. The van der Waals surface area contributed by atoms with E-state index in [1.165, 1.54) is 61.8 Å². The third kappa shape index (κ3) is 4.82. The molecule has 0 radical (unpaired) electrons. The normalized spacial score (nSPS) is 14.5. The largest absolute Gasteiger partial charge is 0.210 e. The Hall–Kier alpha value is -2.48. The fourth-order valence-corrected chi connectivity index (χ4v) is 4.22. The highest BCUT2D eigenvalue weighted by Crippen LogP contribution is 2.28. The van der Waals surface area contributed by atoms with Gasteiger partial charge in [-0.25, -0.2) is 4.57 Å². The molecule has 2 aromatic heterocycles. The Labute approximate surface area is 163 Å². The van der Waals surface area contributed by atoms with Gasteiger partial charge in [0, 0.05) is 42.8 Å². The van der Waals surface area contributed by atoms with Crippen molar-refractivity contribution in [3.8, 4) is 16.8 Å². The van der Waals surface area contributed by atoms with Crippen molar-refractivity contribution in [3.63, 3.8) is 0 Å². The summed E-state index contributed by atoms with van der Waals surface area (Å²) in [6, 6.07) is 19.3. The van der Waals surface area contributed by atoms with Crippen molar-refractivity contribution < 1.29 is 9.13 Å². The second-order valence-corrected chi connectivity index (χ2v) is 7.80. The molecule has 4 rings (SSSR count). The summed E-state index contributed by atoms with van der Waals surface area (Å²) in [6.45, 7) is 1.13. The predicted molar refractivity (Wildman–Crippen MR) is 109 cm³/mol. The molecule has 0 N–H and O–H groups in total. The molecule has 1 saturated carbocycles. The van der Waals surface area contributed by atoms with Crippen LogP contribution < -0.4 is 9.13 Å². The number of para-hydroxylation sites is 1. The zero-order valence-electron chi connectivity index (χ0n) is 16.1. The fraction of sp³-hybridized carbons (Fsp3) is 0.360. The first-order valence-electron chi connectivity index (χ1n) is 10.4. The first kappa shape index (κ1) is 17.9. The highest BCUT2D eigenvalue weighted by atomic mass is 14.9. The summed E-state index contributed by atoms with van der Waals surface area (Å²) in [5, 5.41) is 0. The molecule has 138 valence electrons. The third-order valence-corrected chi connectivity index (χ3v) is 5.86. The number of aryl methyl sites for hydroxylation is 1. The lowest BCUT2D eigenvalue weighted by atomic mass is 10.0. The van der Waals surface area contributed by atoms with Crippen molar-refractivity contribution in [3.05, 3.63) is 79.4 Å². The van der Waals surface area contributed by atoms with E-state index in [0.29, 0.717) is 0 Å². The summed E-state index contributed by atoms with van der Waals surface area (Å²) < 4.78 is 4.47. The van der Waals surface area contributed by atoms with Crippen LogP contribution in [0.2, 0.25) is 0 Å². The Bertz CT molecular complexity index is 816. The van der Waals surface area contributed by atoms with Crippen LogP contribution in [0.5, 0.6) is 0 Å². The molecule has 0 unspecified atom stereocenters. The first-order valence-corrected chi connectivity index (χ1v) is 10.4. The molecule has 0 spiro atoms. The minimum Gasteiger partial charge on any atom is -0.205 e. The van der Waals surface area contributed by atoms with Crippen molar-refractivity contribution >= 4 is 0 Å². The maximum Gasteiger partial charge on any atom is 0.210 e. The molecule has 2 nitrogen and oxygen atoms in total. The lowest BCUT2D eigenvalue weighted by Gasteiger charge is -2.07. The predicted octanol–water partition coefficient (Wildman–Crippen LogP) is 5.28. The topological polar surface area (TPSA) is 7.76 Å². The number of rotatable bonds is 7. The first-order chi connectivity index (χ1) is 13.4. The Morgan fingerprint density at radius 3 is 2.00 bits per heavy atom. The Morgan fingerprint density at radius 1 is 0.704 bits per heavy atom. The second-order valence-electron chi connectivity index (χ2n) is 7.80. The van der Waals surface area contributed by atoms with Crippen molar-refractivity contribution in [2.45, 2.75) is 51.5 Å². The number of nitrogens with zero attached hydrogens (tertiary/aromatic N) is 2. The molecular formula is C25H30N2+2. The number of hydrogen-bond donors (Lipinski definition) is 0. The zero-order chi connectivity index (χ0) is 18.3. The Morgan fingerprint density at radius 2 is 1.33 bits per heavy atom. The van der Waals surface area contributed by atoms with Gasteiger partial charge in [0.05, 0.1) is 0 Å². The van der Waals surface area contributed by atoms with E-state index in [1.807, 2.05) is 6.07 Å². The van der Waals surface area contributed by atoms with Gasteiger partial charge in [-0.3, -0.25) is 0 Å². The van der Waals surface area contributed by atoms with E-state index < -0.39 is 0 Å². The molecule has 2 heterocycles. The summed E-state index contributed by atoms with van der Waals surface area (Å²) >= 11 is 0. The maximum absolute atomic E-state index is 2.32. The van der Waals surface area contributed by atoms with Gasteiger partial charge in [0.2, 0.25) is 5.69 Å². The molecular weight excluding hydrogens is 328 g/mol. The average Bonchev–Trinajstić information content (AvgIpc) is 3.26. The third-order valence-electron chi connectivity index (χ3n) is 5.86. The van der Waals surface area contributed by atoms with E-state index in [9.17, 15) is 0 Å². The van der Waals surface area contributed by atoms with Gasteiger partial charge in [-0.05, 0) is 23.5 Å². The summed E-state index contributed by atoms with van der Waals surface area (Å²) in [5.74, 6) is 1.02. The molecule has 1 aromatic carbocycles. The molecule has 0 atom stereocenters. The van der Waals surface area contributed by atoms with Crippen LogP contribution in [0.25, 0.3) is 16.8 Å². The molecule has 2 heteroatoms. The van der Waals surface area contributed by atoms with Gasteiger partial charge < -0.3 is 0 Å². The minimum atomic E-state index is 1.02. The molecule has 27 heavy (non-hydrogen) atoms. The summed E-state index contributed by atoms with van der Waals surface area (Å²) in [5.41, 5.74) is 3.72. The van der Waals surface area contributed by atoms with Crippen molar-refractivity contribution in [2.75, 3.05) is 0 Å². The molecule has 0 aliphatic heterocycles. The smallest absolute Gasteiger partial charge is 0.205 e. The van der Waals surface area contributed by atoms with Crippen LogP contribution in [0.4, 0.5) is 0 Å². The highest BCUT2D eigenvalue weighted by molar-refractivity contribution is 5.61. The van der Waals surface area contributed by atoms with E-state index in [0.717, 1.165) is 12.5 Å². The zero-order valence-corrected chi connectivity index (χ0v) is 16.1. The quantitative estimate of drug-likeness (QED) is 0.401. The van der Waals surface area contributed by atoms with Crippen LogP contribution >= 0.6 is 0 Å². The molecule has 1 aliphatic carbocycles. The maximum atomic E-state index is 2.32. The lowest BCUT2D eigenvalue weighted by molar-refractivity contribution is -0.697. The number of benzene rings is 1. The van der Waals surface area contributed by atoms with Gasteiger partial charge in [0.1, 0.15) is 6.54 Å². The molecule has 0 amide bonds. The summed E-state index contributed by atoms with van der Waals surface area (Å²) in [6.07, 6.45) is 18.7. The van der Waals surface area contributed by atoms with Crippen LogP contribution in [-0.2, 0) is 6.54 Å². The molecule has 1 fully saturated rings. The van der Waals surface area contributed by atoms with Crippen molar-refractivity contribution in [1.82, 2.24) is 0 Å². The van der Waals surface area contributed by atoms with Gasteiger partial charge >= 0.3 is 0 Å². The van der Waals surface area contributed by atoms with Crippen LogP contribution in [0.15, 0.2) is 79.4 Å². The van der Waals surface area contributed by atoms with E-state index in [2.05, 4.69) is 82.5 Å². The Kier molecular flexibility index (Phi) is 5.93. The monoisotopic (exact) mass is 358 g/mol. The van der Waals surface area contributed by atoms with E-state index in [-0.39, 0.29) is 0 Å². The number of pyridine rings is 2. The molecule has 0 bridgehead atoms. The number of aromatic nitrogens is 2. The molecule has 1 aliphatic rings. The molecule has 3 aromatic rings. The SMILES string of the molecule is c1ccc(-[n+]2ccc(-c3cc[n+](CCCCC4CCCC4)cc3)cc2)cc1. The number of unbranched alkanes of at least 4 members (excludes halogenated alkanes) is 1. The van der Waals surface area contributed by atoms with E-state index in [4.69, 9.17) is 0 Å². The standard InChI is InChI=1S/C25H30N2/c1-2-11-25(12-3-1)27-20-15-24(16-21-27)23-13-18-26(19-14-23)17-7-6-10-22-8-4-5-9-22/h1-3,11-16,18-22H,4-10,17H2/q+2. The fourth-order valence-electron chi connectivity index (χ4n) is 4.22. The van der Waals surface area contributed by atoms with Crippen molar-refractivity contribution in [2.24, 2.45) is 5.92 Å². The van der Waals surface area contributed by atoms with Crippen LogP contribution in [-0.4, -0.2) is 0 Å². The number of hydrogen-bond acceptors (Lipinski definition) is 0. The minimum absolute atomic E-state index is 1.02. The van der Waals surface area contributed by atoms with E-state index >= 15 is 0 Å². The summed E-state index contributed by atoms with van der Waals surface area (Å²) in [4.78, 5) is 0. The van der Waals surface area contributed by atoms with Crippen LogP contribution in [0.1, 0.15) is 44.9 Å². The van der Waals surface area contributed by atoms with Gasteiger partial charge in [0.15, 0.2) is 24.8 Å². The Balaban J connectivity index is 1.31. The van der Waals surface area contributed by atoms with Gasteiger partial charge in [-0.2, -0.15) is 4.57 Å². The van der Waals surface area contributed by atoms with Gasteiger partial charge in [-0.1, -0.05) is 50.3 Å². The lowest BCUT2D eigenvalue weighted by Crippen LogP contribution is -2.32. The summed E-state index contributed by atoms with van der Waals surface area (Å²) in [7, 11) is 0. The molecule has 0 saturated heterocycles. The van der Waals surface area contributed by atoms with Gasteiger partial charge in [0.25, 0.3) is 0 Å². The van der Waals surface area contributed by atoms with Crippen molar-refractivity contribution in [1.29, 1.82) is 0 Å².